The number of nitrogens with zero attached hydrogens (tertiary/aromatic N) is 3. The van der Waals surface area contributed by atoms with Gasteiger partial charge in [0.25, 0.3) is 0 Å². The lowest BCUT2D eigenvalue weighted by atomic mass is 10.3. The Hall–Kier alpha value is -3.88. The van der Waals surface area contributed by atoms with Crippen molar-refractivity contribution in [3.8, 4) is 11.5 Å². The maximum absolute atomic E-state index is 11.4. The number of benzene rings is 2. The van der Waals surface area contributed by atoms with Crippen LogP contribution in [0, 0.1) is 17.0 Å². The van der Waals surface area contributed by atoms with Crippen LogP contribution in [0.15, 0.2) is 48.5 Å². The van der Waals surface area contributed by atoms with Crippen LogP contribution in [-0.4, -0.2) is 25.1 Å². The van der Waals surface area contributed by atoms with Crippen LogP contribution in [-0.2, 0) is 0 Å². The molecule has 0 saturated heterocycles. The minimum absolute atomic E-state index is 0.0153. The fourth-order valence-corrected chi connectivity index (χ4v) is 2.36. The molecule has 3 aromatic rings. The quantitative estimate of drug-likeness (QED) is 0.404. The van der Waals surface area contributed by atoms with Gasteiger partial charge in [0.15, 0.2) is 0 Å². The number of anilines is 4. The average molecular weight is 353 g/mol. The number of aryl methyl sites for hydroxylation is 1. The van der Waals surface area contributed by atoms with Gasteiger partial charge in [-0.05, 0) is 31.2 Å². The number of aromatic nitrogens is 2. The molecule has 0 atom stereocenters. The van der Waals surface area contributed by atoms with Crippen molar-refractivity contribution in [1.82, 2.24) is 9.97 Å². The van der Waals surface area contributed by atoms with Crippen LogP contribution < -0.4 is 10.6 Å². The lowest BCUT2D eigenvalue weighted by Gasteiger charge is -2.11. The number of nitro groups is 1. The maximum Gasteiger partial charge on any atom is 0.332 e. The molecule has 3 rings (SSSR count). The smallest absolute Gasteiger partial charge is 0.332 e. The second-order valence-electron chi connectivity index (χ2n) is 5.44. The highest BCUT2D eigenvalue weighted by molar-refractivity contribution is 5.70. The summed E-state index contributed by atoms with van der Waals surface area (Å²) in [6.45, 7) is 1.50. The van der Waals surface area contributed by atoms with E-state index in [1.165, 1.54) is 31.2 Å². The zero-order valence-electron chi connectivity index (χ0n) is 13.7. The Morgan fingerprint density at radius 1 is 0.962 bits per heavy atom. The summed E-state index contributed by atoms with van der Waals surface area (Å²) in [5.74, 6) is 0.186. The van der Waals surface area contributed by atoms with E-state index in [0.29, 0.717) is 11.4 Å². The fourth-order valence-electron chi connectivity index (χ4n) is 2.36. The second-order valence-corrected chi connectivity index (χ2v) is 5.44. The Balaban J connectivity index is 2.00. The highest BCUT2D eigenvalue weighted by Gasteiger charge is 2.22. The molecule has 0 bridgehead atoms. The third-order valence-corrected chi connectivity index (χ3v) is 3.45. The highest BCUT2D eigenvalue weighted by atomic mass is 16.6. The standard InChI is InChI=1S/C17H15N5O4/c1-10-15(22(25)26)16(19-11-4-2-6-13(23)8-11)21-17(18-10)20-12-5-3-7-14(24)9-12/h2-9,23-24H,1H3,(H2,18,19,20,21). The average Bonchev–Trinajstić information content (AvgIpc) is 2.54. The molecule has 26 heavy (non-hydrogen) atoms. The largest absolute Gasteiger partial charge is 0.508 e. The summed E-state index contributed by atoms with van der Waals surface area (Å²) in [6, 6.07) is 12.5. The normalized spacial score (nSPS) is 10.3. The van der Waals surface area contributed by atoms with Crippen LogP contribution in [0.2, 0.25) is 0 Å². The Labute approximate surface area is 148 Å². The van der Waals surface area contributed by atoms with Gasteiger partial charge >= 0.3 is 5.69 Å². The highest BCUT2D eigenvalue weighted by Crippen LogP contribution is 2.31. The first-order valence-corrected chi connectivity index (χ1v) is 7.57. The molecule has 1 aromatic heterocycles. The Morgan fingerprint density at radius 2 is 1.54 bits per heavy atom. The summed E-state index contributed by atoms with van der Waals surface area (Å²) in [6.07, 6.45) is 0. The van der Waals surface area contributed by atoms with E-state index >= 15 is 0 Å². The van der Waals surface area contributed by atoms with Gasteiger partial charge in [-0.15, -0.1) is 0 Å². The zero-order valence-corrected chi connectivity index (χ0v) is 13.7. The van der Waals surface area contributed by atoms with E-state index in [4.69, 9.17) is 0 Å². The molecule has 0 aliphatic heterocycles. The number of rotatable bonds is 5. The van der Waals surface area contributed by atoms with Gasteiger partial charge in [0.1, 0.15) is 17.2 Å². The van der Waals surface area contributed by atoms with Gasteiger partial charge in [-0.3, -0.25) is 10.1 Å². The van der Waals surface area contributed by atoms with Crippen molar-refractivity contribution in [1.29, 1.82) is 0 Å². The molecule has 0 saturated carbocycles. The summed E-state index contributed by atoms with van der Waals surface area (Å²) in [5.41, 5.74) is 0.862. The van der Waals surface area contributed by atoms with Gasteiger partial charge in [0.2, 0.25) is 11.8 Å². The maximum atomic E-state index is 11.4. The Bertz CT molecular complexity index is 977. The molecular formula is C17H15N5O4. The molecule has 0 spiro atoms. The van der Waals surface area contributed by atoms with E-state index < -0.39 is 4.92 Å². The van der Waals surface area contributed by atoms with E-state index in [-0.39, 0.29) is 34.6 Å². The van der Waals surface area contributed by atoms with Crippen LogP contribution >= 0.6 is 0 Å². The summed E-state index contributed by atoms with van der Waals surface area (Å²) in [4.78, 5) is 19.1. The molecule has 4 N–H and O–H groups in total. The van der Waals surface area contributed by atoms with E-state index in [0.717, 1.165) is 0 Å². The van der Waals surface area contributed by atoms with Crippen LogP contribution in [0.1, 0.15) is 5.69 Å². The van der Waals surface area contributed by atoms with Crippen molar-refractivity contribution in [2.45, 2.75) is 6.92 Å². The predicted octanol–water partition coefficient (Wildman–Crippen LogP) is 3.59. The molecule has 0 aliphatic carbocycles. The van der Waals surface area contributed by atoms with Crippen molar-refractivity contribution in [3.63, 3.8) is 0 Å². The molecule has 1 heterocycles. The minimum atomic E-state index is -0.571. The van der Waals surface area contributed by atoms with Crippen molar-refractivity contribution >= 4 is 28.8 Å². The van der Waals surface area contributed by atoms with Gasteiger partial charge in [-0.25, -0.2) is 4.98 Å². The summed E-state index contributed by atoms with van der Waals surface area (Å²) < 4.78 is 0. The number of phenols is 2. The second kappa shape index (κ2) is 6.93. The topological polar surface area (TPSA) is 133 Å². The molecule has 132 valence electrons. The van der Waals surface area contributed by atoms with E-state index in [9.17, 15) is 20.3 Å². The third-order valence-electron chi connectivity index (χ3n) is 3.45. The molecule has 0 fully saturated rings. The van der Waals surface area contributed by atoms with Gasteiger partial charge in [0.05, 0.1) is 4.92 Å². The monoisotopic (exact) mass is 353 g/mol. The molecule has 0 unspecified atom stereocenters. The molecule has 9 heteroatoms. The van der Waals surface area contributed by atoms with E-state index in [2.05, 4.69) is 20.6 Å². The number of aromatic hydroxyl groups is 2. The fraction of sp³-hybridized carbons (Fsp3) is 0.0588. The van der Waals surface area contributed by atoms with Crippen molar-refractivity contribution < 1.29 is 15.1 Å². The summed E-state index contributed by atoms with van der Waals surface area (Å²) in [5, 5.41) is 36.2. The van der Waals surface area contributed by atoms with Crippen molar-refractivity contribution in [3.05, 3.63) is 64.3 Å². The van der Waals surface area contributed by atoms with Gasteiger partial charge in [-0.2, -0.15) is 4.98 Å². The Kier molecular flexibility index (Phi) is 4.52. The van der Waals surface area contributed by atoms with Gasteiger partial charge < -0.3 is 20.8 Å². The molecule has 0 aliphatic rings. The predicted molar refractivity (Wildman–Crippen MR) is 96.2 cm³/mol. The lowest BCUT2D eigenvalue weighted by Crippen LogP contribution is -2.07. The van der Waals surface area contributed by atoms with Crippen LogP contribution in [0.25, 0.3) is 0 Å². The minimum Gasteiger partial charge on any atom is -0.508 e. The summed E-state index contributed by atoms with van der Waals surface area (Å²) in [7, 11) is 0. The molecular weight excluding hydrogens is 338 g/mol. The first-order chi connectivity index (χ1) is 12.4. The van der Waals surface area contributed by atoms with Crippen LogP contribution in [0.4, 0.5) is 28.8 Å². The van der Waals surface area contributed by atoms with E-state index in [1.807, 2.05) is 0 Å². The first kappa shape index (κ1) is 17.0. The SMILES string of the molecule is Cc1nc(Nc2cccc(O)c2)nc(Nc2cccc(O)c2)c1[N+](=O)[O-]. The zero-order chi connectivity index (χ0) is 18.7. The number of hydrogen-bond donors (Lipinski definition) is 4. The number of nitrogens with one attached hydrogen (secondary N) is 2. The number of hydrogen-bond acceptors (Lipinski definition) is 8. The molecule has 0 radical (unpaired) electrons. The third kappa shape index (κ3) is 3.78. The summed E-state index contributed by atoms with van der Waals surface area (Å²) >= 11 is 0. The number of phenolic OH excluding ortho intramolecular Hbond substituents is 2. The Morgan fingerprint density at radius 3 is 2.08 bits per heavy atom. The van der Waals surface area contributed by atoms with Gasteiger partial charge in [0, 0.05) is 23.5 Å². The van der Waals surface area contributed by atoms with Crippen molar-refractivity contribution in [2.75, 3.05) is 10.6 Å². The van der Waals surface area contributed by atoms with E-state index in [1.54, 1.807) is 24.3 Å². The molecule has 2 aromatic carbocycles. The first-order valence-electron chi connectivity index (χ1n) is 7.57. The van der Waals surface area contributed by atoms with Crippen molar-refractivity contribution in [2.24, 2.45) is 0 Å². The van der Waals surface area contributed by atoms with Crippen LogP contribution in [0.3, 0.4) is 0 Å². The van der Waals surface area contributed by atoms with Crippen LogP contribution in [0.5, 0.6) is 11.5 Å². The lowest BCUT2D eigenvalue weighted by molar-refractivity contribution is -0.385. The van der Waals surface area contributed by atoms with Gasteiger partial charge in [-0.1, -0.05) is 12.1 Å². The molecule has 0 amide bonds. The molecule has 9 nitrogen and oxygen atoms in total.